The fourth-order valence-corrected chi connectivity index (χ4v) is 4.99. The SMILES string of the molecule is O=C(CN1CCCCC1)Nc1cc(COC(=O)CCCCBr)cc(Nc2ccnc3cc(Cl)ccc23)c1. The van der Waals surface area contributed by atoms with Crippen LogP contribution in [0.15, 0.2) is 48.7 Å². The largest absolute Gasteiger partial charge is 0.461 e. The molecule has 9 heteroatoms. The number of ether oxygens (including phenoxy) is 1. The summed E-state index contributed by atoms with van der Waals surface area (Å²) in [5, 5.41) is 8.88. The van der Waals surface area contributed by atoms with Crippen LogP contribution in [-0.4, -0.2) is 46.7 Å². The Morgan fingerprint density at radius 2 is 1.84 bits per heavy atom. The molecule has 1 aliphatic rings. The number of hydrogen-bond donors (Lipinski definition) is 2. The molecule has 0 radical (unpaired) electrons. The van der Waals surface area contributed by atoms with E-state index in [1.807, 2.05) is 42.5 Å². The minimum absolute atomic E-state index is 0.0548. The zero-order valence-electron chi connectivity index (χ0n) is 20.8. The van der Waals surface area contributed by atoms with Crippen molar-refractivity contribution in [3.05, 3.63) is 59.2 Å². The fraction of sp³-hybridized carbons (Fsp3) is 0.393. The van der Waals surface area contributed by atoms with Gasteiger partial charge in [0.25, 0.3) is 0 Å². The summed E-state index contributed by atoms with van der Waals surface area (Å²) in [5.41, 5.74) is 3.84. The normalized spacial score (nSPS) is 13.9. The van der Waals surface area contributed by atoms with Gasteiger partial charge in [-0.3, -0.25) is 19.5 Å². The van der Waals surface area contributed by atoms with Crippen LogP contribution in [0.4, 0.5) is 17.1 Å². The Hall–Kier alpha value is -2.68. The van der Waals surface area contributed by atoms with Crippen molar-refractivity contribution in [2.45, 2.75) is 45.1 Å². The van der Waals surface area contributed by atoms with E-state index in [0.29, 0.717) is 23.7 Å². The van der Waals surface area contributed by atoms with Crippen LogP contribution in [0.5, 0.6) is 0 Å². The lowest BCUT2D eigenvalue weighted by Gasteiger charge is -2.25. The monoisotopic (exact) mass is 586 g/mol. The highest BCUT2D eigenvalue weighted by Crippen LogP contribution is 2.29. The number of benzene rings is 2. The highest BCUT2D eigenvalue weighted by molar-refractivity contribution is 9.09. The van der Waals surface area contributed by atoms with Gasteiger partial charge >= 0.3 is 5.97 Å². The summed E-state index contributed by atoms with van der Waals surface area (Å²) in [7, 11) is 0. The molecule has 0 spiro atoms. The highest BCUT2D eigenvalue weighted by Gasteiger charge is 2.15. The molecule has 1 aromatic heterocycles. The average Bonchev–Trinajstić information content (AvgIpc) is 2.88. The number of alkyl halides is 1. The van der Waals surface area contributed by atoms with Crippen LogP contribution in [-0.2, 0) is 20.9 Å². The van der Waals surface area contributed by atoms with Gasteiger partial charge < -0.3 is 15.4 Å². The molecule has 7 nitrogen and oxygen atoms in total. The van der Waals surface area contributed by atoms with Gasteiger partial charge in [-0.2, -0.15) is 0 Å². The number of aromatic nitrogens is 1. The molecule has 0 unspecified atom stereocenters. The summed E-state index contributed by atoms with van der Waals surface area (Å²) in [5.74, 6) is -0.284. The standard InChI is InChI=1S/C28H32BrClN4O3/c29-10-3-2-6-28(36)37-19-20-14-22(32-25-9-11-31-26-16-21(30)7-8-24(25)26)17-23(15-20)33-27(35)18-34-12-4-1-5-13-34/h7-9,11,14-17H,1-6,10,12-13,18-19H2,(H,31,32)(H,33,35). The Bertz CT molecular complexity index is 1230. The van der Waals surface area contributed by atoms with Gasteiger partial charge in [0.05, 0.1) is 12.1 Å². The molecular weight excluding hydrogens is 556 g/mol. The molecule has 196 valence electrons. The molecule has 4 rings (SSSR count). The number of amides is 1. The molecule has 0 aliphatic carbocycles. The first kappa shape index (κ1) is 27.4. The lowest BCUT2D eigenvalue weighted by atomic mass is 10.1. The molecule has 1 amide bonds. The van der Waals surface area contributed by atoms with E-state index in [2.05, 4.69) is 36.4 Å². The quantitative estimate of drug-likeness (QED) is 0.148. The van der Waals surface area contributed by atoms with E-state index in [1.54, 1.807) is 6.20 Å². The molecule has 1 fully saturated rings. The van der Waals surface area contributed by atoms with Crippen LogP contribution in [0.1, 0.15) is 44.1 Å². The minimum Gasteiger partial charge on any atom is -0.461 e. The van der Waals surface area contributed by atoms with E-state index >= 15 is 0 Å². The second-order valence-corrected chi connectivity index (χ2v) is 10.5. The first-order valence-electron chi connectivity index (χ1n) is 12.7. The number of halogens is 2. The van der Waals surface area contributed by atoms with Crippen molar-refractivity contribution in [3.8, 4) is 0 Å². The topological polar surface area (TPSA) is 83.6 Å². The van der Waals surface area contributed by atoms with E-state index in [0.717, 1.165) is 71.9 Å². The number of fused-ring (bicyclic) bond motifs is 1. The molecule has 2 aromatic carbocycles. The molecule has 0 atom stereocenters. The van der Waals surface area contributed by atoms with Crippen LogP contribution < -0.4 is 10.6 Å². The van der Waals surface area contributed by atoms with E-state index in [1.165, 1.54) is 6.42 Å². The molecule has 2 N–H and O–H groups in total. The smallest absolute Gasteiger partial charge is 0.306 e. The van der Waals surface area contributed by atoms with Gasteiger partial charge in [0.1, 0.15) is 6.61 Å². The van der Waals surface area contributed by atoms with Gasteiger partial charge in [-0.25, -0.2) is 0 Å². The van der Waals surface area contributed by atoms with Gasteiger partial charge in [0.2, 0.25) is 5.91 Å². The van der Waals surface area contributed by atoms with Crippen molar-refractivity contribution < 1.29 is 14.3 Å². The van der Waals surface area contributed by atoms with Crippen molar-refractivity contribution in [1.29, 1.82) is 0 Å². The van der Waals surface area contributed by atoms with E-state index in [9.17, 15) is 9.59 Å². The number of carbonyl (C=O) groups is 2. The van der Waals surface area contributed by atoms with E-state index in [4.69, 9.17) is 16.3 Å². The summed E-state index contributed by atoms with van der Waals surface area (Å²) in [6.45, 7) is 2.39. The molecule has 2 heterocycles. The van der Waals surface area contributed by atoms with E-state index < -0.39 is 0 Å². The number of likely N-dealkylation sites (tertiary alicyclic amines) is 1. The Morgan fingerprint density at radius 3 is 2.65 bits per heavy atom. The highest BCUT2D eigenvalue weighted by atomic mass is 79.9. The second kappa shape index (κ2) is 13.7. The third-order valence-electron chi connectivity index (χ3n) is 6.24. The number of rotatable bonds is 11. The third-order valence-corrected chi connectivity index (χ3v) is 7.04. The number of hydrogen-bond acceptors (Lipinski definition) is 6. The number of esters is 1. The Morgan fingerprint density at radius 1 is 1.03 bits per heavy atom. The molecule has 1 aliphatic heterocycles. The summed E-state index contributed by atoms with van der Waals surface area (Å²) < 4.78 is 5.52. The Labute approximate surface area is 231 Å². The van der Waals surface area contributed by atoms with Crippen LogP contribution in [0.25, 0.3) is 10.9 Å². The number of anilines is 3. The summed E-state index contributed by atoms with van der Waals surface area (Å²) in [6, 6.07) is 13.1. The fourth-order valence-electron chi connectivity index (χ4n) is 4.43. The van der Waals surface area contributed by atoms with Gasteiger partial charge in [-0.05, 0) is 86.8 Å². The van der Waals surface area contributed by atoms with Crippen molar-refractivity contribution in [1.82, 2.24) is 9.88 Å². The number of pyridine rings is 1. The van der Waals surface area contributed by atoms with Gasteiger partial charge in [-0.15, -0.1) is 0 Å². The maximum absolute atomic E-state index is 12.8. The number of carbonyl (C=O) groups excluding carboxylic acids is 2. The van der Waals surface area contributed by atoms with Crippen molar-refractivity contribution in [2.24, 2.45) is 0 Å². The number of unbranched alkanes of at least 4 members (excludes halogenated alkanes) is 1. The predicted molar refractivity (Wildman–Crippen MR) is 153 cm³/mol. The van der Waals surface area contributed by atoms with Crippen molar-refractivity contribution >= 4 is 67.4 Å². The van der Waals surface area contributed by atoms with Crippen LogP contribution in [0, 0.1) is 0 Å². The molecule has 0 bridgehead atoms. The summed E-state index contributed by atoms with van der Waals surface area (Å²) in [6.07, 6.45) is 7.29. The van der Waals surface area contributed by atoms with Crippen LogP contribution in [0.2, 0.25) is 5.02 Å². The Balaban J connectivity index is 1.52. The van der Waals surface area contributed by atoms with E-state index in [-0.39, 0.29) is 18.5 Å². The number of nitrogens with zero attached hydrogens (tertiary/aromatic N) is 2. The molecule has 1 saturated heterocycles. The molecule has 37 heavy (non-hydrogen) atoms. The molecule has 0 saturated carbocycles. The molecule has 3 aromatic rings. The summed E-state index contributed by atoms with van der Waals surface area (Å²) >= 11 is 9.52. The Kier molecular flexibility index (Phi) is 10.2. The van der Waals surface area contributed by atoms with Gasteiger partial charge in [0, 0.05) is 45.4 Å². The number of piperidine rings is 1. The summed E-state index contributed by atoms with van der Waals surface area (Å²) in [4.78, 5) is 31.6. The maximum Gasteiger partial charge on any atom is 0.306 e. The maximum atomic E-state index is 12.8. The van der Waals surface area contributed by atoms with Crippen molar-refractivity contribution in [2.75, 3.05) is 35.6 Å². The average molecular weight is 588 g/mol. The van der Waals surface area contributed by atoms with Gasteiger partial charge in [0.15, 0.2) is 0 Å². The molecular formula is C28H32BrClN4O3. The minimum atomic E-state index is -0.230. The second-order valence-electron chi connectivity index (χ2n) is 9.26. The van der Waals surface area contributed by atoms with Crippen LogP contribution >= 0.6 is 27.5 Å². The van der Waals surface area contributed by atoms with Gasteiger partial charge in [-0.1, -0.05) is 34.0 Å². The van der Waals surface area contributed by atoms with Crippen molar-refractivity contribution in [3.63, 3.8) is 0 Å². The zero-order valence-corrected chi connectivity index (χ0v) is 23.1. The first-order chi connectivity index (χ1) is 18.0. The lowest BCUT2D eigenvalue weighted by molar-refractivity contribution is -0.145. The number of nitrogens with one attached hydrogen (secondary N) is 2. The third kappa shape index (κ3) is 8.42. The predicted octanol–water partition coefficient (Wildman–Crippen LogP) is 6.66. The van der Waals surface area contributed by atoms with Crippen LogP contribution in [0.3, 0.4) is 0 Å². The first-order valence-corrected chi connectivity index (χ1v) is 14.2. The zero-order chi connectivity index (χ0) is 26.0. The lowest BCUT2D eigenvalue weighted by Crippen LogP contribution is -2.36.